The number of Topliss-reactive ketones (excluding diaryl/α,β-unsaturated/α-hetero) is 1. The normalized spacial score (nSPS) is 15.5. The predicted molar refractivity (Wildman–Crippen MR) is 70.9 cm³/mol. The van der Waals surface area contributed by atoms with Gasteiger partial charge in [-0.15, -0.1) is 0 Å². The largest absolute Gasteiger partial charge is 0.496 e. The number of ketones is 1. The van der Waals surface area contributed by atoms with Crippen LogP contribution < -0.4 is 4.74 Å². The highest BCUT2D eigenvalue weighted by Crippen LogP contribution is 2.27. The Labute approximate surface area is 108 Å². The highest BCUT2D eigenvalue weighted by Gasteiger charge is 2.14. The van der Waals surface area contributed by atoms with Gasteiger partial charge < -0.3 is 4.74 Å². The molecule has 0 saturated carbocycles. The fraction of sp³-hybridized carbons (Fsp3) is 0.467. The number of carbonyl (C=O) groups excluding carboxylic acids is 1. The maximum Gasteiger partial charge on any atom is 0.136 e. The summed E-state index contributed by atoms with van der Waals surface area (Å²) in [6.07, 6.45) is 6.87. The van der Waals surface area contributed by atoms with Crippen molar-refractivity contribution in [1.29, 1.82) is 0 Å². The number of carbonyl (C=O) groups is 1. The Kier molecular flexibility index (Phi) is 3.80. The van der Waals surface area contributed by atoms with Crippen molar-refractivity contribution in [1.82, 2.24) is 4.98 Å². The average Bonchev–Trinajstić information content (AvgIpc) is 2.36. The SMILES string of the molecule is COc1c(C)cnc(CC2=CCC(=O)CC2)c1C. The monoisotopic (exact) mass is 245 g/mol. The van der Waals surface area contributed by atoms with Crippen LogP contribution in [0.5, 0.6) is 5.75 Å². The third-order valence-corrected chi connectivity index (χ3v) is 3.49. The highest BCUT2D eigenvalue weighted by atomic mass is 16.5. The van der Waals surface area contributed by atoms with E-state index in [2.05, 4.69) is 11.1 Å². The second-order valence-corrected chi connectivity index (χ2v) is 4.83. The minimum Gasteiger partial charge on any atom is -0.496 e. The Hall–Kier alpha value is -1.64. The summed E-state index contributed by atoms with van der Waals surface area (Å²) < 4.78 is 5.41. The molecule has 1 aromatic rings. The maximum absolute atomic E-state index is 11.2. The summed E-state index contributed by atoms with van der Waals surface area (Å²) in [5, 5.41) is 0. The topological polar surface area (TPSA) is 39.2 Å². The van der Waals surface area contributed by atoms with Gasteiger partial charge in [-0.2, -0.15) is 0 Å². The van der Waals surface area contributed by atoms with Gasteiger partial charge >= 0.3 is 0 Å². The smallest absolute Gasteiger partial charge is 0.136 e. The molecule has 1 aliphatic rings. The Morgan fingerprint density at radius 2 is 2.11 bits per heavy atom. The van der Waals surface area contributed by atoms with Gasteiger partial charge in [0, 0.05) is 36.6 Å². The number of pyridine rings is 1. The molecule has 3 heteroatoms. The van der Waals surface area contributed by atoms with E-state index in [1.54, 1.807) is 7.11 Å². The van der Waals surface area contributed by atoms with E-state index in [9.17, 15) is 4.79 Å². The molecule has 0 aliphatic heterocycles. The van der Waals surface area contributed by atoms with Crippen molar-refractivity contribution in [3.63, 3.8) is 0 Å². The number of nitrogens with zero attached hydrogens (tertiary/aromatic N) is 1. The predicted octanol–water partition coefficient (Wildman–Crippen LogP) is 2.93. The van der Waals surface area contributed by atoms with Crippen molar-refractivity contribution >= 4 is 5.78 Å². The standard InChI is InChI=1S/C15H19NO2/c1-10-9-16-14(11(2)15(10)18-3)8-12-4-6-13(17)7-5-12/h4,9H,5-8H2,1-3H3. The van der Waals surface area contributed by atoms with Gasteiger partial charge in [0.1, 0.15) is 11.5 Å². The van der Waals surface area contributed by atoms with E-state index in [1.165, 1.54) is 5.57 Å². The van der Waals surface area contributed by atoms with Gasteiger partial charge in [-0.1, -0.05) is 11.6 Å². The van der Waals surface area contributed by atoms with Crippen molar-refractivity contribution in [2.24, 2.45) is 0 Å². The zero-order chi connectivity index (χ0) is 13.1. The molecule has 0 spiro atoms. The molecule has 0 unspecified atom stereocenters. The summed E-state index contributed by atoms with van der Waals surface area (Å²) in [5.74, 6) is 1.26. The van der Waals surface area contributed by atoms with Crippen molar-refractivity contribution in [2.45, 2.75) is 39.5 Å². The molecule has 0 fully saturated rings. The van der Waals surface area contributed by atoms with E-state index >= 15 is 0 Å². The Bertz CT molecular complexity index is 503. The third-order valence-electron chi connectivity index (χ3n) is 3.49. The molecule has 0 bridgehead atoms. The van der Waals surface area contributed by atoms with Crippen molar-refractivity contribution < 1.29 is 9.53 Å². The van der Waals surface area contributed by atoms with E-state index in [1.807, 2.05) is 20.0 Å². The van der Waals surface area contributed by atoms with Crippen LogP contribution in [0.15, 0.2) is 17.8 Å². The second kappa shape index (κ2) is 5.34. The van der Waals surface area contributed by atoms with Gasteiger partial charge in [-0.25, -0.2) is 0 Å². The van der Waals surface area contributed by atoms with E-state index < -0.39 is 0 Å². The average molecular weight is 245 g/mol. The number of methoxy groups -OCH3 is 1. The number of aromatic nitrogens is 1. The molecular formula is C15H19NO2. The van der Waals surface area contributed by atoms with E-state index in [0.717, 1.165) is 35.4 Å². The van der Waals surface area contributed by atoms with Crippen LogP contribution in [0.4, 0.5) is 0 Å². The molecule has 0 N–H and O–H groups in total. The molecule has 0 saturated heterocycles. The Balaban J connectivity index is 2.22. The minimum absolute atomic E-state index is 0.338. The van der Waals surface area contributed by atoms with E-state index in [0.29, 0.717) is 18.6 Å². The molecule has 0 aromatic carbocycles. The van der Waals surface area contributed by atoms with Crippen LogP contribution in [-0.2, 0) is 11.2 Å². The van der Waals surface area contributed by atoms with Gasteiger partial charge in [0.15, 0.2) is 0 Å². The van der Waals surface area contributed by atoms with Crippen LogP contribution in [0.3, 0.4) is 0 Å². The lowest BCUT2D eigenvalue weighted by Crippen LogP contribution is -2.07. The lowest BCUT2D eigenvalue weighted by Gasteiger charge is -2.15. The molecule has 2 rings (SSSR count). The first-order valence-electron chi connectivity index (χ1n) is 6.30. The van der Waals surface area contributed by atoms with Crippen LogP contribution in [0.25, 0.3) is 0 Å². The van der Waals surface area contributed by atoms with Gasteiger partial charge in [0.25, 0.3) is 0 Å². The van der Waals surface area contributed by atoms with Gasteiger partial charge in [0.05, 0.1) is 12.8 Å². The van der Waals surface area contributed by atoms with Crippen molar-refractivity contribution in [3.05, 3.63) is 34.7 Å². The molecule has 1 aromatic heterocycles. The van der Waals surface area contributed by atoms with Gasteiger partial charge in [0.2, 0.25) is 0 Å². The summed E-state index contributed by atoms with van der Waals surface area (Å²) in [6, 6.07) is 0. The summed E-state index contributed by atoms with van der Waals surface area (Å²) in [5.41, 5.74) is 4.54. The molecule has 0 amide bonds. The van der Waals surface area contributed by atoms with Crippen molar-refractivity contribution in [3.8, 4) is 5.75 Å². The molecule has 96 valence electrons. The number of ether oxygens (including phenoxy) is 1. The summed E-state index contributed by atoms with van der Waals surface area (Å²) >= 11 is 0. The molecule has 18 heavy (non-hydrogen) atoms. The second-order valence-electron chi connectivity index (χ2n) is 4.83. The molecule has 1 aliphatic carbocycles. The lowest BCUT2D eigenvalue weighted by molar-refractivity contribution is -0.118. The first kappa shape index (κ1) is 12.8. The number of allylic oxidation sites excluding steroid dienone is 2. The fourth-order valence-corrected chi connectivity index (χ4v) is 2.39. The first-order chi connectivity index (χ1) is 8.61. The molecule has 0 radical (unpaired) electrons. The van der Waals surface area contributed by atoms with Crippen molar-refractivity contribution in [2.75, 3.05) is 7.11 Å². The number of rotatable bonds is 3. The van der Waals surface area contributed by atoms with Crippen LogP contribution in [-0.4, -0.2) is 17.9 Å². The summed E-state index contributed by atoms with van der Waals surface area (Å²) in [6.45, 7) is 4.05. The van der Waals surface area contributed by atoms with Gasteiger partial charge in [-0.05, 0) is 20.3 Å². The third kappa shape index (κ3) is 2.61. The van der Waals surface area contributed by atoms with Crippen LogP contribution in [0.1, 0.15) is 36.1 Å². The first-order valence-corrected chi connectivity index (χ1v) is 6.30. The zero-order valence-corrected chi connectivity index (χ0v) is 11.2. The Morgan fingerprint density at radius 1 is 1.33 bits per heavy atom. The molecule has 0 atom stereocenters. The summed E-state index contributed by atoms with van der Waals surface area (Å²) in [7, 11) is 1.69. The molecule has 3 nitrogen and oxygen atoms in total. The minimum atomic E-state index is 0.338. The van der Waals surface area contributed by atoms with Gasteiger partial charge in [-0.3, -0.25) is 9.78 Å². The highest BCUT2D eigenvalue weighted by molar-refractivity contribution is 5.81. The lowest BCUT2D eigenvalue weighted by atomic mass is 9.93. The van der Waals surface area contributed by atoms with Crippen LogP contribution in [0.2, 0.25) is 0 Å². The Morgan fingerprint density at radius 3 is 2.72 bits per heavy atom. The maximum atomic E-state index is 11.2. The van der Waals surface area contributed by atoms with Crippen LogP contribution >= 0.6 is 0 Å². The van der Waals surface area contributed by atoms with Crippen LogP contribution in [0, 0.1) is 13.8 Å². The molecular weight excluding hydrogens is 226 g/mol. The van der Waals surface area contributed by atoms with E-state index in [-0.39, 0.29) is 0 Å². The molecule has 1 heterocycles. The zero-order valence-electron chi connectivity index (χ0n) is 11.2. The van der Waals surface area contributed by atoms with E-state index in [4.69, 9.17) is 4.74 Å². The number of aryl methyl sites for hydroxylation is 1. The summed E-state index contributed by atoms with van der Waals surface area (Å²) in [4.78, 5) is 15.7. The number of hydrogen-bond acceptors (Lipinski definition) is 3. The number of hydrogen-bond donors (Lipinski definition) is 0. The quantitative estimate of drug-likeness (QED) is 0.769. The fourth-order valence-electron chi connectivity index (χ4n) is 2.39.